The zero-order valence-electron chi connectivity index (χ0n) is 19.9. The van der Waals surface area contributed by atoms with E-state index in [2.05, 4.69) is 16.1 Å². The predicted octanol–water partition coefficient (Wildman–Crippen LogP) is 3.63. The van der Waals surface area contributed by atoms with Gasteiger partial charge in [-0.3, -0.25) is 9.48 Å². The topological polar surface area (TPSA) is 75.5 Å². The minimum atomic E-state index is -3.11. The molecule has 0 unspecified atom stereocenters. The van der Waals surface area contributed by atoms with Gasteiger partial charge in [0, 0.05) is 37.4 Å². The number of rotatable bonds is 4. The lowest BCUT2D eigenvalue weighted by Gasteiger charge is -2.35. The van der Waals surface area contributed by atoms with E-state index in [1.54, 1.807) is 27.8 Å². The van der Waals surface area contributed by atoms with Crippen LogP contribution in [0.25, 0.3) is 11.3 Å². The Morgan fingerprint density at radius 1 is 0.971 bits per heavy atom. The fraction of sp³-hybridized carbons (Fsp3) is 0.385. The summed E-state index contributed by atoms with van der Waals surface area (Å²) in [6, 6.07) is 14.0. The molecule has 1 amide bonds. The van der Waals surface area contributed by atoms with Crippen molar-refractivity contribution in [2.24, 2.45) is 0 Å². The van der Waals surface area contributed by atoms with E-state index in [1.807, 2.05) is 26.0 Å². The molecule has 2 aromatic carbocycles. The summed E-state index contributed by atoms with van der Waals surface area (Å²) < 4.78 is 39.3. The third-order valence-corrected chi connectivity index (χ3v) is 8.82. The van der Waals surface area contributed by atoms with Crippen LogP contribution in [0.1, 0.15) is 34.1 Å². The Balaban J connectivity index is 1.40. The van der Waals surface area contributed by atoms with Crippen molar-refractivity contribution < 1.29 is 17.6 Å². The molecule has 3 heterocycles. The largest absolute Gasteiger partial charge is 0.368 e. The van der Waals surface area contributed by atoms with Gasteiger partial charge in [-0.15, -0.1) is 0 Å². The number of sulfone groups is 1. The number of benzene rings is 2. The number of halogens is 1. The Labute approximate surface area is 205 Å². The standard InChI is InChI=1S/C26H29FN4O3S/c1-18-3-4-20(15-19(18)2)25-16-24(28-31(25)23-9-14-35(33,34)17-23)26(32)30-12-10-29(11-13-30)22-7-5-21(27)6-8-22/h3-8,15-16,23H,9-14,17H2,1-2H3/t23-/m0/s1. The number of nitrogens with zero attached hydrogens (tertiary/aromatic N) is 4. The van der Waals surface area contributed by atoms with Crippen LogP contribution in [0.2, 0.25) is 0 Å². The van der Waals surface area contributed by atoms with Crippen molar-refractivity contribution in [3.8, 4) is 11.3 Å². The Morgan fingerprint density at radius 2 is 1.69 bits per heavy atom. The van der Waals surface area contributed by atoms with Crippen LogP contribution >= 0.6 is 0 Å². The lowest BCUT2D eigenvalue weighted by molar-refractivity contribution is 0.0739. The number of aromatic nitrogens is 2. The van der Waals surface area contributed by atoms with E-state index in [-0.39, 0.29) is 29.3 Å². The number of aryl methyl sites for hydroxylation is 2. The fourth-order valence-corrected chi connectivity index (χ4v) is 6.54. The van der Waals surface area contributed by atoms with Crippen LogP contribution in [0.4, 0.5) is 10.1 Å². The summed E-state index contributed by atoms with van der Waals surface area (Å²) in [6.45, 7) is 6.42. The van der Waals surface area contributed by atoms with Crippen LogP contribution in [0.5, 0.6) is 0 Å². The number of carbonyl (C=O) groups excluding carboxylic acids is 1. The van der Waals surface area contributed by atoms with Gasteiger partial charge in [-0.2, -0.15) is 5.10 Å². The number of anilines is 1. The van der Waals surface area contributed by atoms with Crippen molar-refractivity contribution in [3.05, 3.63) is 71.2 Å². The van der Waals surface area contributed by atoms with E-state index in [1.165, 1.54) is 17.7 Å². The first kappa shape index (κ1) is 23.5. The predicted molar refractivity (Wildman–Crippen MR) is 134 cm³/mol. The van der Waals surface area contributed by atoms with Crippen LogP contribution in [0.15, 0.2) is 48.5 Å². The third kappa shape index (κ3) is 4.82. The first-order chi connectivity index (χ1) is 16.7. The highest BCUT2D eigenvalue weighted by Crippen LogP contribution is 2.31. The van der Waals surface area contributed by atoms with Crippen molar-refractivity contribution in [2.45, 2.75) is 26.3 Å². The molecule has 2 fully saturated rings. The van der Waals surface area contributed by atoms with Gasteiger partial charge in [0.1, 0.15) is 5.82 Å². The molecule has 2 aliphatic rings. The quantitative estimate of drug-likeness (QED) is 0.552. The van der Waals surface area contributed by atoms with Crippen molar-refractivity contribution >= 4 is 21.4 Å². The Bertz CT molecular complexity index is 1360. The lowest BCUT2D eigenvalue weighted by atomic mass is 10.0. The molecule has 2 saturated heterocycles. The molecule has 0 saturated carbocycles. The Hall–Kier alpha value is -3.20. The molecular formula is C26H29FN4O3S. The highest BCUT2D eigenvalue weighted by molar-refractivity contribution is 7.91. The molecule has 184 valence electrons. The third-order valence-electron chi connectivity index (χ3n) is 7.07. The lowest BCUT2D eigenvalue weighted by Crippen LogP contribution is -2.48. The van der Waals surface area contributed by atoms with Crippen LogP contribution in [-0.4, -0.2) is 66.7 Å². The van der Waals surface area contributed by atoms with Gasteiger partial charge < -0.3 is 9.80 Å². The molecule has 2 aliphatic heterocycles. The van der Waals surface area contributed by atoms with E-state index in [0.717, 1.165) is 22.5 Å². The number of piperazine rings is 1. The summed E-state index contributed by atoms with van der Waals surface area (Å²) >= 11 is 0. The minimum Gasteiger partial charge on any atom is -0.368 e. The fourth-order valence-electron chi connectivity index (χ4n) is 4.84. The molecule has 0 aliphatic carbocycles. The maximum Gasteiger partial charge on any atom is 0.274 e. The monoisotopic (exact) mass is 496 g/mol. The van der Waals surface area contributed by atoms with Crippen LogP contribution in [0, 0.1) is 19.7 Å². The summed E-state index contributed by atoms with van der Waals surface area (Å²) in [4.78, 5) is 17.3. The van der Waals surface area contributed by atoms with E-state index in [0.29, 0.717) is 38.3 Å². The average molecular weight is 497 g/mol. The zero-order chi connectivity index (χ0) is 24.7. The SMILES string of the molecule is Cc1ccc(-c2cc(C(=O)N3CCN(c4ccc(F)cc4)CC3)nn2[C@H]2CCS(=O)(=O)C2)cc1C. The molecule has 5 rings (SSSR count). The number of carbonyl (C=O) groups is 1. The average Bonchev–Trinajstić information content (AvgIpc) is 3.44. The van der Waals surface area contributed by atoms with Crippen molar-refractivity contribution in [2.75, 3.05) is 42.6 Å². The van der Waals surface area contributed by atoms with Gasteiger partial charge in [0.15, 0.2) is 15.5 Å². The zero-order valence-corrected chi connectivity index (χ0v) is 20.8. The summed E-state index contributed by atoms with van der Waals surface area (Å²) in [6.07, 6.45) is 0.492. The van der Waals surface area contributed by atoms with Gasteiger partial charge in [-0.05, 0) is 67.8 Å². The van der Waals surface area contributed by atoms with Gasteiger partial charge in [-0.25, -0.2) is 12.8 Å². The van der Waals surface area contributed by atoms with E-state index < -0.39 is 9.84 Å². The highest BCUT2D eigenvalue weighted by Gasteiger charge is 2.33. The molecular weight excluding hydrogens is 467 g/mol. The highest BCUT2D eigenvalue weighted by atomic mass is 32.2. The van der Waals surface area contributed by atoms with Crippen molar-refractivity contribution in [1.29, 1.82) is 0 Å². The van der Waals surface area contributed by atoms with Crippen LogP contribution < -0.4 is 4.90 Å². The smallest absolute Gasteiger partial charge is 0.274 e. The van der Waals surface area contributed by atoms with E-state index in [9.17, 15) is 17.6 Å². The molecule has 0 N–H and O–H groups in total. The van der Waals surface area contributed by atoms with Gasteiger partial charge in [0.05, 0.1) is 23.2 Å². The van der Waals surface area contributed by atoms with Gasteiger partial charge >= 0.3 is 0 Å². The van der Waals surface area contributed by atoms with Gasteiger partial charge in [-0.1, -0.05) is 12.1 Å². The number of amides is 1. The molecule has 1 aromatic heterocycles. The number of hydrogen-bond acceptors (Lipinski definition) is 5. The van der Waals surface area contributed by atoms with Gasteiger partial charge in [0.2, 0.25) is 0 Å². The summed E-state index contributed by atoms with van der Waals surface area (Å²) in [7, 11) is -3.11. The molecule has 0 bridgehead atoms. The second-order valence-corrected chi connectivity index (χ2v) is 11.7. The van der Waals surface area contributed by atoms with Crippen molar-refractivity contribution in [1.82, 2.24) is 14.7 Å². The molecule has 0 spiro atoms. The molecule has 3 aromatic rings. The summed E-state index contributed by atoms with van der Waals surface area (Å²) in [5, 5.41) is 4.65. The first-order valence-corrected chi connectivity index (χ1v) is 13.7. The molecule has 35 heavy (non-hydrogen) atoms. The summed E-state index contributed by atoms with van der Waals surface area (Å²) in [5.74, 6) is -0.254. The molecule has 1 atom stereocenters. The van der Waals surface area contributed by atoms with Gasteiger partial charge in [0.25, 0.3) is 5.91 Å². The first-order valence-electron chi connectivity index (χ1n) is 11.9. The molecule has 7 nitrogen and oxygen atoms in total. The maximum atomic E-state index is 13.4. The Kier molecular flexibility index (Phi) is 6.13. The second kappa shape index (κ2) is 9.11. The van der Waals surface area contributed by atoms with E-state index >= 15 is 0 Å². The number of hydrogen-bond donors (Lipinski definition) is 0. The van der Waals surface area contributed by atoms with E-state index in [4.69, 9.17) is 0 Å². The minimum absolute atomic E-state index is 0.0382. The second-order valence-electron chi connectivity index (χ2n) is 9.47. The molecule has 0 radical (unpaired) electrons. The summed E-state index contributed by atoms with van der Waals surface area (Å²) in [5.41, 5.74) is 5.24. The molecule has 9 heteroatoms. The maximum absolute atomic E-state index is 13.4. The van der Waals surface area contributed by atoms with Crippen molar-refractivity contribution in [3.63, 3.8) is 0 Å². The Morgan fingerprint density at radius 3 is 2.31 bits per heavy atom. The normalized spacial score (nSPS) is 19.8. The van der Waals surface area contributed by atoms with Crippen LogP contribution in [-0.2, 0) is 9.84 Å². The van der Waals surface area contributed by atoms with Crippen LogP contribution in [0.3, 0.4) is 0 Å².